The van der Waals surface area contributed by atoms with Gasteiger partial charge in [-0.05, 0) is 54.4 Å². The lowest BCUT2D eigenvalue weighted by Gasteiger charge is -2.37. The SMILES string of the molecule is CN1CCCC(NCC(C)(C)N(C)C)C1. The van der Waals surface area contributed by atoms with Gasteiger partial charge in [-0.3, -0.25) is 0 Å². The normalized spacial score (nSPS) is 24.8. The lowest BCUT2D eigenvalue weighted by molar-refractivity contribution is 0.164. The molecule has 0 bridgehead atoms. The van der Waals surface area contributed by atoms with E-state index < -0.39 is 0 Å². The van der Waals surface area contributed by atoms with E-state index in [-0.39, 0.29) is 5.54 Å². The number of likely N-dealkylation sites (N-methyl/N-ethyl adjacent to an activating group) is 2. The number of likely N-dealkylation sites (tertiary alicyclic amines) is 1. The topological polar surface area (TPSA) is 18.5 Å². The van der Waals surface area contributed by atoms with Crippen molar-refractivity contribution >= 4 is 0 Å². The van der Waals surface area contributed by atoms with Crippen LogP contribution in [0.5, 0.6) is 0 Å². The molecule has 1 saturated heterocycles. The molecule has 90 valence electrons. The van der Waals surface area contributed by atoms with Crippen molar-refractivity contribution in [1.29, 1.82) is 0 Å². The molecule has 0 aromatic rings. The van der Waals surface area contributed by atoms with Gasteiger partial charge in [-0.15, -0.1) is 0 Å². The summed E-state index contributed by atoms with van der Waals surface area (Å²) in [5.74, 6) is 0. The van der Waals surface area contributed by atoms with E-state index in [4.69, 9.17) is 0 Å². The molecule has 0 aromatic carbocycles. The molecule has 1 unspecified atom stereocenters. The van der Waals surface area contributed by atoms with E-state index in [0.717, 1.165) is 6.54 Å². The standard InChI is InChI=1S/C12H27N3/c1-12(2,14(3)4)10-13-11-7-6-8-15(5)9-11/h11,13H,6-10H2,1-5H3. The monoisotopic (exact) mass is 213 g/mol. The zero-order valence-electron chi connectivity index (χ0n) is 11.0. The van der Waals surface area contributed by atoms with E-state index in [9.17, 15) is 0 Å². The number of hydrogen-bond donors (Lipinski definition) is 1. The first-order valence-corrected chi connectivity index (χ1v) is 6.01. The molecule has 0 radical (unpaired) electrons. The van der Waals surface area contributed by atoms with Crippen molar-refractivity contribution in [2.75, 3.05) is 40.8 Å². The summed E-state index contributed by atoms with van der Waals surface area (Å²) in [6.45, 7) is 8.09. The van der Waals surface area contributed by atoms with E-state index in [1.54, 1.807) is 0 Å². The van der Waals surface area contributed by atoms with Crippen LogP contribution in [0, 0.1) is 0 Å². The molecular formula is C12H27N3. The third-order valence-electron chi connectivity index (χ3n) is 3.66. The molecule has 15 heavy (non-hydrogen) atoms. The quantitative estimate of drug-likeness (QED) is 0.752. The number of rotatable bonds is 4. The van der Waals surface area contributed by atoms with Gasteiger partial charge in [0.15, 0.2) is 0 Å². The fraction of sp³-hybridized carbons (Fsp3) is 1.00. The van der Waals surface area contributed by atoms with Crippen molar-refractivity contribution in [2.45, 2.75) is 38.3 Å². The largest absolute Gasteiger partial charge is 0.311 e. The molecular weight excluding hydrogens is 186 g/mol. The smallest absolute Gasteiger partial charge is 0.0271 e. The van der Waals surface area contributed by atoms with Crippen molar-refractivity contribution in [3.05, 3.63) is 0 Å². The van der Waals surface area contributed by atoms with Crippen LogP contribution in [0.1, 0.15) is 26.7 Å². The molecule has 1 aliphatic heterocycles. The van der Waals surface area contributed by atoms with Crippen molar-refractivity contribution in [2.24, 2.45) is 0 Å². The Balaban J connectivity index is 2.30. The maximum Gasteiger partial charge on any atom is 0.0271 e. The summed E-state index contributed by atoms with van der Waals surface area (Å²) < 4.78 is 0. The van der Waals surface area contributed by atoms with E-state index in [2.05, 4.69) is 50.1 Å². The van der Waals surface area contributed by atoms with Gasteiger partial charge >= 0.3 is 0 Å². The van der Waals surface area contributed by atoms with Crippen LogP contribution in [0.2, 0.25) is 0 Å². The van der Waals surface area contributed by atoms with Gasteiger partial charge in [0.1, 0.15) is 0 Å². The molecule has 0 aliphatic carbocycles. The van der Waals surface area contributed by atoms with Gasteiger partial charge in [-0.1, -0.05) is 0 Å². The lowest BCUT2D eigenvalue weighted by atomic mass is 10.0. The second-order valence-corrected chi connectivity index (χ2v) is 5.69. The Morgan fingerprint density at radius 1 is 1.40 bits per heavy atom. The molecule has 1 heterocycles. The highest BCUT2D eigenvalue weighted by atomic mass is 15.2. The fourth-order valence-electron chi connectivity index (χ4n) is 1.89. The number of piperidine rings is 1. The highest BCUT2D eigenvalue weighted by molar-refractivity contribution is 4.84. The van der Waals surface area contributed by atoms with Gasteiger partial charge in [0.2, 0.25) is 0 Å². The molecule has 3 nitrogen and oxygen atoms in total. The van der Waals surface area contributed by atoms with Gasteiger partial charge in [-0.25, -0.2) is 0 Å². The number of nitrogens with one attached hydrogen (secondary N) is 1. The van der Waals surface area contributed by atoms with Gasteiger partial charge in [0.05, 0.1) is 0 Å². The molecule has 1 fully saturated rings. The third-order valence-corrected chi connectivity index (χ3v) is 3.66. The Morgan fingerprint density at radius 3 is 2.60 bits per heavy atom. The molecule has 1 N–H and O–H groups in total. The summed E-state index contributed by atoms with van der Waals surface area (Å²) in [5.41, 5.74) is 0.246. The summed E-state index contributed by atoms with van der Waals surface area (Å²) in [5, 5.41) is 3.69. The van der Waals surface area contributed by atoms with Crippen LogP contribution in [0.25, 0.3) is 0 Å². The van der Waals surface area contributed by atoms with Gasteiger partial charge in [-0.2, -0.15) is 0 Å². The van der Waals surface area contributed by atoms with Crippen LogP contribution in [-0.2, 0) is 0 Å². The second kappa shape index (κ2) is 5.28. The number of nitrogens with zero attached hydrogens (tertiary/aromatic N) is 2. The van der Waals surface area contributed by atoms with Crippen LogP contribution >= 0.6 is 0 Å². The Bertz CT molecular complexity index is 189. The molecule has 0 amide bonds. The Morgan fingerprint density at radius 2 is 2.07 bits per heavy atom. The maximum atomic E-state index is 3.69. The Hall–Kier alpha value is -0.120. The highest BCUT2D eigenvalue weighted by Crippen LogP contribution is 2.12. The summed E-state index contributed by atoms with van der Waals surface area (Å²) in [7, 11) is 6.51. The van der Waals surface area contributed by atoms with E-state index in [1.807, 2.05) is 0 Å². The summed E-state index contributed by atoms with van der Waals surface area (Å²) in [6, 6.07) is 0.683. The predicted molar refractivity (Wildman–Crippen MR) is 66.3 cm³/mol. The molecule has 0 aromatic heterocycles. The third kappa shape index (κ3) is 4.09. The minimum atomic E-state index is 0.246. The highest BCUT2D eigenvalue weighted by Gasteiger charge is 2.23. The number of hydrogen-bond acceptors (Lipinski definition) is 3. The molecule has 3 heteroatoms. The molecule has 0 spiro atoms. The van der Waals surface area contributed by atoms with Crippen molar-refractivity contribution in [3.63, 3.8) is 0 Å². The molecule has 1 rings (SSSR count). The first-order valence-electron chi connectivity index (χ1n) is 6.01. The van der Waals surface area contributed by atoms with Crippen LogP contribution in [-0.4, -0.2) is 62.2 Å². The minimum Gasteiger partial charge on any atom is -0.311 e. The summed E-state index contributed by atoms with van der Waals surface area (Å²) >= 11 is 0. The minimum absolute atomic E-state index is 0.246. The van der Waals surface area contributed by atoms with Crippen molar-refractivity contribution in [3.8, 4) is 0 Å². The average Bonchev–Trinajstić information content (AvgIpc) is 2.15. The van der Waals surface area contributed by atoms with Gasteiger partial charge < -0.3 is 15.1 Å². The van der Waals surface area contributed by atoms with E-state index >= 15 is 0 Å². The fourth-order valence-corrected chi connectivity index (χ4v) is 1.89. The zero-order valence-corrected chi connectivity index (χ0v) is 11.0. The molecule has 1 atom stereocenters. The van der Waals surface area contributed by atoms with Gasteiger partial charge in [0.25, 0.3) is 0 Å². The molecule has 0 saturated carbocycles. The van der Waals surface area contributed by atoms with Crippen LogP contribution in [0.4, 0.5) is 0 Å². The summed E-state index contributed by atoms with van der Waals surface area (Å²) in [4.78, 5) is 4.70. The first-order chi connectivity index (χ1) is 6.92. The Labute approximate surface area is 94.8 Å². The van der Waals surface area contributed by atoms with E-state index in [1.165, 1.54) is 25.9 Å². The maximum absolute atomic E-state index is 3.69. The van der Waals surface area contributed by atoms with Crippen LogP contribution in [0.15, 0.2) is 0 Å². The predicted octanol–water partition coefficient (Wildman–Crippen LogP) is 1.01. The van der Waals surface area contributed by atoms with E-state index in [0.29, 0.717) is 6.04 Å². The summed E-state index contributed by atoms with van der Waals surface area (Å²) in [6.07, 6.45) is 2.66. The van der Waals surface area contributed by atoms with Crippen LogP contribution < -0.4 is 5.32 Å². The van der Waals surface area contributed by atoms with Crippen molar-refractivity contribution in [1.82, 2.24) is 15.1 Å². The first kappa shape index (κ1) is 12.9. The Kier molecular flexibility index (Phi) is 4.56. The second-order valence-electron chi connectivity index (χ2n) is 5.69. The van der Waals surface area contributed by atoms with Gasteiger partial charge in [0, 0.05) is 24.7 Å². The zero-order chi connectivity index (χ0) is 11.5. The molecule has 1 aliphatic rings. The average molecular weight is 213 g/mol. The lowest BCUT2D eigenvalue weighted by Crippen LogP contribution is -2.52. The van der Waals surface area contributed by atoms with Crippen LogP contribution in [0.3, 0.4) is 0 Å². The van der Waals surface area contributed by atoms with Crippen molar-refractivity contribution < 1.29 is 0 Å².